The van der Waals surface area contributed by atoms with Gasteiger partial charge in [-0.05, 0) is 37.7 Å². The molecule has 0 aromatic heterocycles. The summed E-state index contributed by atoms with van der Waals surface area (Å²) < 4.78 is 12.8. The highest BCUT2D eigenvalue weighted by molar-refractivity contribution is 5.89. The molecule has 22 heavy (non-hydrogen) atoms. The predicted molar refractivity (Wildman–Crippen MR) is 82.1 cm³/mol. The summed E-state index contributed by atoms with van der Waals surface area (Å²) in [4.78, 5) is 25.5. The highest BCUT2D eigenvalue weighted by Crippen LogP contribution is 2.12. The number of hydrogen-bond donors (Lipinski definition) is 3. The average molecular weight is 308 g/mol. The van der Waals surface area contributed by atoms with Gasteiger partial charge in [-0.3, -0.25) is 4.79 Å². The Bertz CT molecular complexity index is 521. The molecule has 1 unspecified atom stereocenters. The van der Waals surface area contributed by atoms with Crippen LogP contribution >= 0.6 is 0 Å². The van der Waals surface area contributed by atoms with E-state index in [0.717, 1.165) is 6.42 Å². The molecule has 0 radical (unpaired) electrons. The first-order valence-electron chi connectivity index (χ1n) is 7.34. The topological polar surface area (TPSA) is 73.5 Å². The monoisotopic (exact) mass is 308 g/mol. The summed E-state index contributed by atoms with van der Waals surface area (Å²) in [6, 6.07) is 5.16. The number of benzene rings is 1. The van der Waals surface area contributed by atoms with Crippen molar-refractivity contribution in [1.82, 2.24) is 15.5 Å². The lowest BCUT2D eigenvalue weighted by Crippen LogP contribution is -2.40. The molecule has 0 aliphatic carbocycles. The third-order valence-electron chi connectivity index (χ3n) is 3.57. The Kier molecular flexibility index (Phi) is 5.71. The van der Waals surface area contributed by atoms with Gasteiger partial charge in [0.05, 0.1) is 0 Å². The minimum atomic E-state index is -0.350. The number of amides is 3. The van der Waals surface area contributed by atoms with E-state index in [1.807, 2.05) is 0 Å². The quantitative estimate of drug-likeness (QED) is 0.764. The Morgan fingerprint density at radius 1 is 1.32 bits per heavy atom. The number of halogens is 1. The van der Waals surface area contributed by atoms with Crippen molar-refractivity contribution in [3.8, 4) is 0 Å². The molecule has 1 aromatic rings. The Hall–Kier alpha value is -2.15. The van der Waals surface area contributed by atoms with Crippen LogP contribution in [0.15, 0.2) is 24.3 Å². The predicted octanol–water partition coefficient (Wildman–Crippen LogP) is 1.16. The zero-order valence-corrected chi connectivity index (χ0v) is 12.6. The molecule has 120 valence electrons. The molecule has 6 nitrogen and oxygen atoms in total. The normalized spacial score (nSPS) is 17.4. The van der Waals surface area contributed by atoms with Gasteiger partial charge in [0.2, 0.25) is 5.91 Å². The van der Waals surface area contributed by atoms with E-state index in [9.17, 15) is 14.0 Å². The maximum atomic E-state index is 12.8. The van der Waals surface area contributed by atoms with Crippen LogP contribution in [-0.4, -0.2) is 49.6 Å². The molecule has 1 atom stereocenters. The van der Waals surface area contributed by atoms with Crippen molar-refractivity contribution in [2.24, 2.45) is 0 Å². The summed E-state index contributed by atoms with van der Waals surface area (Å²) in [6.07, 6.45) is 1.20. The first-order valence-corrected chi connectivity index (χ1v) is 7.34. The number of likely N-dealkylation sites (tertiary alicyclic amines) is 1. The lowest BCUT2D eigenvalue weighted by molar-refractivity contribution is -0.130. The molecule has 0 saturated carbocycles. The van der Waals surface area contributed by atoms with Crippen molar-refractivity contribution in [1.29, 1.82) is 0 Å². The van der Waals surface area contributed by atoms with E-state index < -0.39 is 0 Å². The number of rotatable bonds is 5. The van der Waals surface area contributed by atoms with Gasteiger partial charge < -0.3 is 20.9 Å². The lowest BCUT2D eigenvalue weighted by Gasteiger charge is -2.17. The number of anilines is 1. The number of hydrogen-bond acceptors (Lipinski definition) is 3. The number of nitrogens with one attached hydrogen (secondary N) is 3. The molecular weight excluding hydrogens is 287 g/mol. The fourth-order valence-corrected chi connectivity index (χ4v) is 2.38. The molecule has 3 amide bonds. The standard InChI is InChI=1S/C15H21FN4O2/c1-17-8-6-14(21)20-9-7-13(10-20)19-15(22)18-12-4-2-11(16)3-5-12/h2-5,13,17H,6-10H2,1H3,(H2,18,19,22). The number of carbonyl (C=O) groups is 2. The molecule has 0 spiro atoms. The minimum Gasteiger partial charge on any atom is -0.341 e. The molecule has 3 N–H and O–H groups in total. The zero-order valence-electron chi connectivity index (χ0n) is 12.6. The summed E-state index contributed by atoms with van der Waals surface area (Å²) in [5.74, 6) is -0.255. The van der Waals surface area contributed by atoms with Crippen molar-refractivity contribution in [3.63, 3.8) is 0 Å². The maximum absolute atomic E-state index is 12.8. The summed E-state index contributed by atoms with van der Waals surface area (Å²) in [6.45, 7) is 1.84. The van der Waals surface area contributed by atoms with E-state index >= 15 is 0 Å². The largest absolute Gasteiger partial charge is 0.341 e. The first-order chi connectivity index (χ1) is 10.6. The average Bonchev–Trinajstić information content (AvgIpc) is 2.95. The van der Waals surface area contributed by atoms with Gasteiger partial charge in [0.15, 0.2) is 0 Å². The highest BCUT2D eigenvalue weighted by Gasteiger charge is 2.26. The summed E-state index contributed by atoms with van der Waals surface area (Å²) in [5, 5.41) is 8.42. The van der Waals surface area contributed by atoms with Crippen LogP contribution in [0.1, 0.15) is 12.8 Å². The van der Waals surface area contributed by atoms with Crippen LogP contribution in [0.2, 0.25) is 0 Å². The van der Waals surface area contributed by atoms with Crippen LogP contribution in [0.4, 0.5) is 14.9 Å². The molecule has 1 fully saturated rings. The highest BCUT2D eigenvalue weighted by atomic mass is 19.1. The van der Waals surface area contributed by atoms with Gasteiger partial charge in [-0.1, -0.05) is 0 Å². The fourth-order valence-electron chi connectivity index (χ4n) is 2.38. The Morgan fingerprint density at radius 3 is 2.73 bits per heavy atom. The van der Waals surface area contributed by atoms with Gasteiger partial charge in [0, 0.05) is 37.8 Å². The van der Waals surface area contributed by atoms with Gasteiger partial charge in [0.1, 0.15) is 5.82 Å². The Morgan fingerprint density at radius 2 is 2.05 bits per heavy atom. The van der Waals surface area contributed by atoms with E-state index in [1.165, 1.54) is 24.3 Å². The van der Waals surface area contributed by atoms with Gasteiger partial charge in [-0.2, -0.15) is 0 Å². The van der Waals surface area contributed by atoms with Gasteiger partial charge in [0.25, 0.3) is 0 Å². The Labute approximate surface area is 129 Å². The van der Waals surface area contributed by atoms with Crippen molar-refractivity contribution in [2.75, 3.05) is 32.0 Å². The van der Waals surface area contributed by atoms with Gasteiger partial charge >= 0.3 is 6.03 Å². The molecular formula is C15H21FN4O2. The van der Waals surface area contributed by atoms with Crippen molar-refractivity contribution in [2.45, 2.75) is 18.9 Å². The molecule has 1 heterocycles. The molecule has 7 heteroatoms. The SMILES string of the molecule is CNCCC(=O)N1CCC(NC(=O)Nc2ccc(F)cc2)C1. The zero-order chi connectivity index (χ0) is 15.9. The maximum Gasteiger partial charge on any atom is 0.319 e. The third-order valence-corrected chi connectivity index (χ3v) is 3.57. The van der Waals surface area contributed by atoms with Crippen molar-refractivity contribution < 1.29 is 14.0 Å². The van der Waals surface area contributed by atoms with Gasteiger partial charge in [-0.25, -0.2) is 9.18 Å². The van der Waals surface area contributed by atoms with Crippen LogP contribution in [0.25, 0.3) is 0 Å². The fraction of sp³-hybridized carbons (Fsp3) is 0.467. The smallest absolute Gasteiger partial charge is 0.319 e. The second-order valence-corrected chi connectivity index (χ2v) is 5.28. The molecule has 1 aromatic carbocycles. The summed E-state index contributed by atoms with van der Waals surface area (Å²) in [7, 11) is 1.81. The van der Waals surface area contributed by atoms with Gasteiger partial charge in [-0.15, -0.1) is 0 Å². The van der Waals surface area contributed by atoms with E-state index in [2.05, 4.69) is 16.0 Å². The van der Waals surface area contributed by atoms with Crippen LogP contribution in [0, 0.1) is 5.82 Å². The number of urea groups is 1. The second-order valence-electron chi connectivity index (χ2n) is 5.28. The molecule has 1 aliphatic rings. The van der Waals surface area contributed by atoms with E-state index in [-0.39, 0.29) is 23.8 Å². The molecule has 1 saturated heterocycles. The van der Waals surface area contributed by atoms with Crippen LogP contribution < -0.4 is 16.0 Å². The van der Waals surface area contributed by atoms with E-state index in [0.29, 0.717) is 31.7 Å². The number of carbonyl (C=O) groups excluding carboxylic acids is 2. The van der Waals surface area contributed by atoms with Crippen molar-refractivity contribution in [3.05, 3.63) is 30.1 Å². The lowest BCUT2D eigenvalue weighted by atomic mass is 10.2. The minimum absolute atomic E-state index is 0.0565. The summed E-state index contributed by atoms with van der Waals surface area (Å²) >= 11 is 0. The molecule has 1 aliphatic heterocycles. The first kappa shape index (κ1) is 16.2. The van der Waals surface area contributed by atoms with Crippen molar-refractivity contribution >= 4 is 17.6 Å². The number of nitrogens with zero attached hydrogens (tertiary/aromatic N) is 1. The van der Waals surface area contributed by atoms with Crippen LogP contribution in [-0.2, 0) is 4.79 Å². The molecule has 2 rings (SSSR count). The molecule has 0 bridgehead atoms. The second kappa shape index (κ2) is 7.74. The Balaban J connectivity index is 1.76. The van der Waals surface area contributed by atoms with E-state index in [4.69, 9.17) is 0 Å². The third kappa shape index (κ3) is 4.70. The van der Waals surface area contributed by atoms with Crippen LogP contribution in [0.5, 0.6) is 0 Å². The summed E-state index contributed by atoms with van der Waals surface area (Å²) in [5.41, 5.74) is 0.527. The van der Waals surface area contributed by atoms with Crippen LogP contribution in [0.3, 0.4) is 0 Å². The van der Waals surface area contributed by atoms with E-state index in [1.54, 1.807) is 11.9 Å².